The monoisotopic (exact) mass is 271 g/mol. The summed E-state index contributed by atoms with van der Waals surface area (Å²) >= 11 is 0. The van der Waals surface area contributed by atoms with Gasteiger partial charge in [0.25, 0.3) is 0 Å². The Hall–Kier alpha value is -1.07. The molecule has 0 aliphatic heterocycles. The van der Waals surface area contributed by atoms with Gasteiger partial charge in [0, 0.05) is 12.8 Å². The van der Waals surface area contributed by atoms with E-state index in [1.54, 1.807) is 0 Å². The smallest absolute Gasteiger partial charge is 0.150 e. The van der Waals surface area contributed by atoms with E-state index in [9.17, 15) is 8.42 Å². The van der Waals surface area contributed by atoms with Gasteiger partial charge < -0.3 is 10.1 Å². The van der Waals surface area contributed by atoms with Crippen LogP contribution in [0.5, 0.6) is 5.75 Å². The van der Waals surface area contributed by atoms with Crippen LogP contribution in [0.1, 0.15) is 18.9 Å². The third kappa shape index (κ3) is 6.61. The summed E-state index contributed by atoms with van der Waals surface area (Å²) in [7, 11) is -2.96. The molecule has 0 saturated heterocycles. The van der Waals surface area contributed by atoms with Gasteiger partial charge in [-0.25, -0.2) is 8.42 Å². The van der Waals surface area contributed by atoms with Gasteiger partial charge >= 0.3 is 0 Å². The molecule has 0 aliphatic rings. The molecule has 0 unspecified atom stereocenters. The average Bonchev–Trinajstić information content (AvgIpc) is 2.28. The summed E-state index contributed by atoms with van der Waals surface area (Å²) in [5, 5.41) is 3.31. The predicted molar refractivity (Wildman–Crippen MR) is 73.6 cm³/mol. The zero-order valence-electron chi connectivity index (χ0n) is 11.0. The lowest BCUT2D eigenvalue weighted by Crippen LogP contribution is -2.14. The van der Waals surface area contributed by atoms with E-state index in [2.05, 4.69) is 12.2 Å². The first-order valence-corrected chi connectivity index (χ1v) is 8.17. The van der Waals surface area contributed by atoms with Gasteiger partial charge in [0.2, 0.25) is 0 Å². The molecule has 0 saturated carbocycles. The standard InChI is InChI=1S/C13H21NO3S/c1-3-7-14-11-12-5-4-6-13(10-12)17-8-9-18(2,15)16/h4-6,10,14H,3,7-9,11H2,1-2H3. The summed E-state index contributed by atoms with van der Waals surface area (Å²) in [4.78, 5) is 0. The molecule has 0 fully saturated rings. The first kappa shape index (κ1) is 15.0. The Morgan fingerprint density at radius 3 is 2.78 bits per heavy atom. The maximum Gasteiger partial charge on any atom is 0.150 e. The van der Waals surface area contributed by atoms with Gasteiger partial charge in [0.15, 0.2) is 9.84 Å². The van der Waals surface area contributed by atoms with Crippen LogP contribution in [0.4, 0.5) is 0 Å². The Balaban J connectivity index is 2.44. The number of nitrogens with one attached hydrogen (secondary N) is 1. The van der Waals surface area contributed by atoms with E-state index in [0.29, 0.717) is 0 Å². The van der Waals surface area contributed by atoms with Crippen molar-refractivity contribution in [2.75, 3.05) is 25.2 Å². The van der Waals surface area contributed by atoms with Crippen molar-refractivity contribution in [2.45, 2.75) is 19.9 Å². The second-order valence-electron chi connectivity index (χ2n) is 4.30. The van der Waals surface area contributed by atoms with Crippen molar-refractivity contribution in [3.05, 3.63) is 29.8 Å². The molecular formula is C13H21NO3S. The van der Waals surface area contributed by atoms with E-state index in [4.69, 9.17) is 4.74 Å². The molecule has 0 bridgehead atoms. The second-order valence-corrected chi connectivity index (χ2v) is 6.56. The van der Waals surface area contributed by atoms with Crippen LogP contribution in [0, 0.1) is 0 Å². The summed E-state index contributed by atoms with van der Waals surface area (Å²) in [6.07, 6.45) is 2.31. The van der Waals surface area contributed by atoms with Crippen molar-refractivity contribution >= 4 is 9.84 Å². The van der Waals surface area contributed by atoms with Crippen molar-refractivity contribution in [2.24, 2.45) is 0 Å². The molecule has 1 rings (SSSR count). The van der Waals surface area contributed by atoms with Gasteiger partial charge in [-0.2, -0.15) is 0 Å². The summed E-state index contributed by atoms with van der Waals surface area (Å²) < 4.78 is 27.4. The highest BCUT2D eigenvalue weighted by Crippen LogP contribution is 2.13. The molecule has 0 aliphatic carbocycles. The molecule has 102 valence electrons. The first-order chi connectivity index (χ1) is 8.51. The predicted octanol–water partition coefficient (Wildman–Crippen LogP) is 1.61. The van der Waals surface area contributed by atoms with Crippen molar-refractivity contribution in [3.63, 3.8) is 0 Å². The molecule has 18 heavy (non-hydrogen) atoms. The molecule has 5 heteroatoms. The average molecular weight is 271 g/mol. The molecule has 0 heterocycles. The Kier molecular flexibility index (Phi) is 6.15. The third-order valence-corrected chi connectivity index (χ3v) is 3.29. The number of hydrogen-bond donors (Lipinski definition) is 1. The van der Waals surface area contributed by atoms with Crippen LogP contribution in [0.15, 0.2) is 24.3 Å². The Labute approximate surface area is 109 Å². The maximum absolute atomic E-state index is 11.0. The highest BCUT2D eigenvalue weighted by molar-refractivity contribution is 7.90. The fourth-order valence-electron chi connectivity index (χ4n) is 1.47. The van der Waals surface area contributed by atoms with Gasteiger partial charge in [0.05, 0.1) is 5.75 Å². The van der Waals surface area contributed by atoms with Gasteiger partial charge in [-0.3, -0.25) is 0 Å². The highest BCUT2D eigenvalue weighted by Gasteiger charge is 2.03. The maximum atomic E-state index is 11.0. The lowest BCUT2D eigenvalue weighted by atomic mass is 10.2. The van der Waals surface area contributed by atoms with E-state index in [0.717, 1.165) is 30.8 Å². The van der Waals surface area contributed by atoms with Crippen molar-refractivity contribution in [1.82, 2.24) is 5.32 Å². The number of sulfone groups is 1. The van der Waals surface area contributed by atoms with Gasteiger partial charge in [-0.1, -0.05) is 19.1 Å². The lowest BCUT2D eigenvalue weighted by Gasteiger charge is -2.08. The number of benzene rings is 1. The quantitative estimate of drug-likeness (QED) is 0.730. The van der Waals surface area contributed by atoms with Crippen LogP contribution in [0.3, 0.4) is 0 Å². The zero-order chi connectivity index (χ0) is 13.4. The summed E-state index contributed by atoms with van der Waals surface area (Å²) in [5.41, 5.74) is 1.14. The van der Waals surface area contributed by atoms with E-state index < -0.39 is 9.84 Å². The molecule has 0 atom stereocenters. The van der Waals surface area contributed by atoms with E-state index >= 15 is 0 Å². The van der Waals surface area contributed by atoms with Crippen molar-refractivity contribution < 1.29 is 13.2 Å². The van der Waals surface area contributed by atoms with E-state index in [-0.39, 0.29) is 12.4 Å². The Bertz CT molecular complexity index is 457. The fraction of sp³-hybridized carbons (Fsp3) is 0.538. The minimum Gasteiger partial charge on any atom is -0.493 e. The molecule has 1 N–H and O–H groups in total. The van der Waals surface area contributed by atoms with Crippen LogP contribution in [-0.4, -0.2) is 33.6 Å². The molecular weight excluding hydrogens is 250 g/mol. The normalized spacial score (nSPS) is 11.4. The number of hydrogen-bond acceptors (Lipinski definition) is 4. The van der Waals surface area contributed by atoms with Crippen LogP contribution in [-0.2, 0) is 16.4 Å². The molecule has 0 spiro atoms. The topological polar surface area (TPSA) is 55.4 Å². The third-order valence-electron chi connectivity index (χ3n) is 2.38. The summed E-state index contributed by atoms with van der Waals surface area (Å²) in [5.74, 6) is 0.764. The molecule has 0 aromatic heterocycles. The molecule has 0 radical (unpaired) electrons. The van der Waals surface area contributed by atoms with Gasteiger partial charge in [0.1, 0.15) is 12.4 Å². The summed E-state index contributed by atoms with van der Waals surface area (Å²) in [6, 6.07) is 7.71. The summed E-state index contributed by atoms with van der Waals surface area (Å²) in [6.45, 7) is 4.11. The van der Waals surface area contributed by atoms with Crippen molar-refractivity contribution in [3.8, 4) is 5.75 Å². The Morgan fingerprint density at radius 1 is 1.33 bits per heavy atom. The SMILES string of the molecule is CCCNCc1cccc(OCCS(C)(=O)=O)c1. The van der Waals surface area contributed by atoms with Crippen LogP contribution in [0.2, 0.25) is 0 Å². The van der Waals surface area contributed by atoms with Crippen LogP contribution >= 0.6 is 0 Å². The molecule has 1 aromatic carbocycles. The fourth-order valence-corrected chi connectivity index (χ4v) is 1.85. The van der Waals surface area contributed by atoms with E-state index in [1.807, 2.05) is 24.3 Å². The second kappa shape index (κ2) is 7.38. The van der Waals surface area contributed by atoms with Crippen LogP contribution < -0.4 is 10.1 Å². The number of ether oxygens (including phenoxy) is 1. The van der Waals surface area contributed by atoms with Gasteiger partial charge in [-0.15, -0.1) is 0 Å². The largest absolute Gasteiger partial charge is 0.493 e. The minimum atomic E-state index is -2.96. The number of rotatable bonds is 8. The minimum absolute atomic E-state index is 0.0469. The van der Waals surface area contributed by atoms with Crippen LogP contribution in [0.25, 0.3) is 0 Å². The highest BCUT2D eigenvalue weighted by atomic mass is 32.2. The van der Waals surface area contributed by atoms with E-state index in [1.165, 1.54) is 6.26 Å². The molecule has 0 amide bonds. The Morgan fingerprint density at radius 2 is 2.11 bits per heavy atom. The van der Waals surface area contributed by atoms with Gasteiger partial charge in [-0.05, 0) is 30.7 Å². The molecule has 4 nitrogen and oxygen atoms in total. The van der Waals surface area contributed by atoms with Crippen molar-refractivity contribution in [1.29, 1.82) is 0 Å². The first-order valence-electron chi connectivity index (χ1n) is 6.11. The molecule has 1 aromatic rings. The zero-order valence-corrected chi connectivity index (χ0v) is 11.8. The lowest BCUT2D eigenvalue weighted by molar-refractivity contribution is 0.340.